The third kappa shape index (κ3) is 3.39. The Balaban J connectivity index is 2.41. The molecule has 0 unspecified atom stereocenters. The van der Waals surface area contributed by atoms with Gasteiger partial charge < -0.3 is 9.47 Å². The average Bonchev–Trinajstić information content (AvgIpc) is 2.44. The van der Waals surface area contributed by atoms with Crippen LogP contribution < -0.4 is 4.74 Å². The second-order valence-electron chi connectivity index (χ2n) is 3.68. The van der Waals surface area contributed by atoms with E-state index in [1.54, 1.807) is 25.4 Å². The standard InChI is InChI=1S/C13H14ClN3O2/c1-3-19-8-12-16-9(7-11(14)17-12)13-10(18-2)5-4-6-15-13/h4-7H,3,8H2,1-2H3. The summed E-state index contributed by atoms with van der Waals surface area (Å²) in [6.07, 6.45) is 1.68. The predicted molar refractivity (Wildman–Crippen MR) is 72.2 cm³/mol. The first-order valence-electron chi connectivity index (χ1n) is 5.85. The van der Waals surface area contributed by atoms with Crippen LogP contribution in [0.15, 0.2) is 24.4 Å². The number of aromatic nitrogens is 3. The molecule has 0 aromatic carbocycles. The van der Waals surface area contributed by atoms with E-state index in [-0.39, 0.29) is 0 Å². The number of rotatable bonds is 5. The highest BCUT2D eigenvalue weighted by Crippen LogP contribution is 2.26. The highest BCUT2D eigenvalue weighted by molar-refractivity contribution is 6.29. The minimum absolute atomic E-state index is 0.319. The van der Waals surface area contributed by atoms with Crippen LogP contribution >= 0.6 is 11.6 Å². The van der Waals surface area contributed by atoms with Crippen molar-refractivity contribution < 1.29 is 9.47 Å². The number of hydrogen-bond acceptors (Lipinski definition) is 5. The molecule has 0 aliphatic heterocycles. The summed E-state index contributed by atoms with van der Waals surface area (Å²) in [5, 5.41) is 0.354. The fourth-order valence-corrected chi connectivity index (χ4v) is 1.79. The largest absolute Gasteiger partial charge is 0.494 e. The maximum absolute atomic E-state index is 6.00. The zero-order chi connectivity index (χ0) is 13.7. The Hall–Kier alpha value is -1.72. The Morgan fingerprint density at radius 3 is 2.89 bits per heavy atom. The van der Waals surface area contributed by atoms with Crippen LogP contribution in [-0.2, 0) is 11.3 Å². The zero-order valence-electron chi connectivity index (χ0n) is 10.8. The van der Waals surface area contributed by atoms with Crippen LogP contribution in [0.25, 0.3) is 11.4 Å². The Morgan fingerprint density at radius 2 is 2.16 bits per heavy atom. The lowest BCUT2D eigenvalue weighted by Crippen LogP contribution is -2.02. The number of ether oxygens (including phenoxy) is 2. The van der Waals surface area contributed by atoms with Gasteiger partial charge in [-0.2, -0.15) is 0 Å². The molecule has 19 heavy (non-hydrogen) atoms. The first kappa shape index (κ1) is 13.7. The normalized spacial score (nSPS) is 10.5. The molecular weight excluding hydrogens is 266 g/mol. The molecule has 5 nitrogen and oxygen atoms in total. The van der Waals surface area contributed by atoms with Gasteiger partial charge in [-0.1, -0.05) is 11.6 Å². The fraction of sp³-hybridized carbons (Fsp3) is 0.308. The molecule has 2 rings (SSSR count). The molecule has 0 atom stereocenters. The smallest absolute Gasteiger partial charge is 0.156 e. The van der Waals surface area contributed by atoms with Crippen molar-refractivity contribution in [3.8, 4) is 17.1 Å². The molecule has 0 fully saturated rings. The zero-order valence-corrected chi connectivity index (χ0v) is 11.5. The Labute approximate surface area is 116 Å². The molecule has 2 heterocycles. The number of hydrogen-bond donors (Lipinski definition) is 0. The van der Waals surface area contributed by atoms with Crippen molar-refractivity contribution >= 4 is 11.6 Å². The van der Waals surface area contributed by atoms with Crippen molar-refractivity contribution in [3.05, 3.63) is 35.4 Å². The van der Waals surface area contributed by atoms with Gasteiger partial charge in [-0.15, -0.1) is 0 Å². The van der Waals surface area contributed by atoms with Crippen LogP contribution in [0.4, 0.5) is 0 Å². The summed E-state index contributed by atoms with van der Waals surface area (Å²) < 4.78 is 10.6. The van der Waals surface area contributed by atoms with E-state index in [2.05, 4.69) is 15.0 Å². The molecule has 0 saturated heterocycles. The highest BCUT2D eigenvalue weighted by atomic mass is 35.5. The van der Waals surface area contributed by atoms with Gasteiger partial charge >= 0.3 is 0 Å². The highest BCUT2D eigenvalue weighted by Gasteiger charge is 2.11. The summed E-state index contributed by atoms with van der Waals surface area (Å²) in [4.78, 5) is 12.8. The van der Waals surface area contributed by atoms with Crippen LogP contribution in [0, 0.1) is 0 Å². The van der Waals surface area contributed by atoms with Crippen LogP contribution in [0.1, 0.15) is 12.7 Å². The van der Waals surface area contributed by atoms with Gasteiger partial charge in [0.05, 0.1) is 12.8 Å². The van der Waals surface area contributed by atoms with Crippen molar-refractivity contribution in [3.63, 3.8) is 0 Å². The molecule has 6 heteroatoms. The molecule has 2 aromatic rings. The molecule has 0 saturated carbocycles. The van der Waals surface area contributed by atoms with Crippen LogP contribution in [0.3, 0.4) is 0 Å². The van der Waals surface area contributed by atoms with Crippen molar-refractivity contribution in [2.45, 2.75) is 13.5 Å². The van der Waals surface area contributed by atoms with Gasteiger partial charge in [0.15, 0.2) is 5.82 Å². The first-order valence-corrected chi connectivity index (χ1v) is 6.23. The van der Waals surface area contributed by atoms with E-state index in [9.17, 15) is 0 Å². The summed E-state index contributed by atoms with van der Waals surface area (Å²) >= 11 is 6.00. The van der Waals surface area contributed by atoms with E-state index < -0.39 is 0 Å². The lowest BCUT2D eigenvalue weighted by atomic mass is 10.2. The molecule has 0 aliphatic rings. The Bertz CT molecular complexity index is 563. The second kappa shape index (κ2) is 6.45. The van der Waals surface area contributed by atoms with Gasteiger partial charge in [-0.25, -0.2) is 9.97 Å². The van der Waals surface area contributed by atoms with E-state index in [1.807, 2.05) is 13.0 Å². The molecule has 0 N–H and O–H groups in total. The molecule has 100 valence electrons. The van der Waals surface area contributed by atoms with Crippen LogP contribution in [0.5, 0.6) is 5.75 Å². The first-order chi connectivity index (χ1) is 9.24. The monoisotopic (exact) mass is 279 g/mol. The van der Waals surface area contributed by atoms with Crippen LogP contribution in [0.2, 0.25) is 5.15 Å². The lowest BCUT2D eigenvalue weighted by Gasteiger charge is -2.08. The second-order valence-corrected chi connectivity index (χ2v) is 4.07. The topological polar surface area (TPSA) is 57.1 Å². The molecule has 2 aromatic heterocycles. The van der Waals surface area contributed by atoms with Gasteiger partial charge in [0.1, 0.15) is 23.2 Å². The van der Waals surface area contributed by atoms with E-state index >= 15 is 0 Å². The minimum atomic E-state index is 0.319. The van der Waals surface area contributed by atoms with Gasteiger partial charge in [-0.05, 0) is 19.1 Å². The number of nitrogens with zero attached hydrogens (tertiary/aromatic N) is 3. The van der Waals surface area contributed by atoms with Gasteiger partial charge in [-0.3, -0.25) is 4.98 Å². The summed E-state index contributed by atoms with van der Waals surface area (Å²) in [6.45, 7) is 2.82. The van der Waals surface area contributed by atoms with Gasteiger partial charge in [0.25, 0.3) is 0 Å². The molecule has 0 spiro atoms. The molecular formula is C13H14ClN3O2. The lowest BCUT2D eigenvalue weighted by molar-refractivity contribution is 0.128. The summed E-state index contributed by atoms with van der Waals surface area (Å²) in [7, 11) is 1.59. The number of methoxy groups -OCH3 is 1. The van der Waals surface area contributed by atoms with Crippen molar-refractivity contribution in [2.75, 3.05) is 13.7 Å². The third-order valence-electron chi connectivity index (χ3n) is 2.41. The van der Waals surface area contributed by atoms with Crippen molar-refractivity contribution in [1.82, 2.24) is 15.0 Å². The molecule has 0 bridgehead atoms. The van der Waals surface area contributed by atoms with Gasteiger partial charge in [0.2, 0.25) is 0 Å². The summed E-state index contributed by atoms with van der Waals surface area (Å²) in [5.74, 6) is 1.16. The Kier molecular flexibility index (Phi) is 4.65. The maximum Gasteiger partial charge on any atom is 0.156 e. The SMILES string of the molecule is CCOCc1nc(Cl)cc(-c2ncccc2OC)n1. The van der Waals surface area contributed by atoms with Crippen molar-refractivity contribution in [1.29, 1.82) is 0 Å². The summed E-state index contributed by atoms with van der Waals surface area (Å²) in [5.41, 5.74) is 1.25. The van der Waals surface area contributed by atoms with E-state index in [1.165, 1.54) is 0 Å². The predicted octanol–water partition coefficient (Wildman–Crippen LogP) is 2.74. The van der Waals surface area contributed by atoms with E-state index in [4.69, 9.17) is 21.1 Å². The number of pyridine rings is 1. The van der Waals surface area contributed by atoms with Crippen LogP contribution in [-0.4, -0.2) is 28.7 Å². The van der Waals surface area contributed by atoms with E-state index in [0.29, 0.717) is 41.3 Å². The molecule has 0 amide bonds. The number of halogens is 1. The molecule has 0 aliphatic carbocycles. The van der Waals surface area contributed by atoms with Crippen molar-refractivity contribution in [2.24, 2.45) is 0 Å². The maximum atomic E-state index is 6.00. The minimum Gasteiger partial charge on any atom is -0.494 e. The van der Waals surface area contributed by atoms with Gasteiger partial charge in [0, 0.05) is 18.9 Å². The summed E-state index contributed by atoms with van der Waals surface area (Å²) in [6, 6.07) is 5.27. The average molecular weight is 280 g/mol. The third-order valence-corrected chi connectivity index (χ3v) is 2.60. The quantitative estimate of drug-likeness (QED) is 0.788. The fourth-order valence-electron chi connectivity index (χ4n) is 1.59. The Morgan fingerprint density at radius 1 is 1.32 bits per heavy atom. The molecule has 0 radical (unpaired) electrons. The van der Waals surface area contributed by atoms with E-state index in [0.717, 1.165) is 0 Å².